The maximum atomic E-state index is 13.2. The van der Waals surface area contributed by atoms with Gasteiger partial charge in [0.2, 0.25) is 10.0 Å². The van der Waals surface area contributed by atoms with Gasteiger partial charge < -0.3 is 14.4 Å². The third kappa shape index (κ3) is 5.39. The Morgan fingerprint density at radius 1 is 1.09 bits per heavy atom. The van der Waals surface area contributed by atoms with E-state index in [1.165, 1.54) is 4.31 Å². The molecule has 7 nitrogen and oxygen atoms in total. The molecule has 2 atom stereocenters. The summed E-state index contributed by atoms with van der Waals surface area (Å²) in [6.45, 7) is 4.75. The van der Waals surface area contributed by atoms with Crippen molar-refractivity contribution in [2.45, 2.75) is 50.7 Å². The Bertz CT molecular complexity index is 1130. The van der Waals surface area contributed by atoms with Crippen LogP contribution in [0.2, 0.25) is 0 Å². The van der Waals surface area contributed by atoms with Crippen molar-refractivity contribution in [2.24, 2.45) is 0 Å². The number of likely N-dealkylation sites (tertiary alicyclic amines) is 1. The van der Waals surface area contributed by atoms with Gasteiger partial charge in [-0.05, 0) is 56.0 Å². The average molecular weight is 473 g/mol. The van der Waals surface area contributed by atoms with E-state index in [-0.39, 0.29) is 29.9 Å². The number of sulfonamides is 1. The largest absolute Gasteiger partial charge is 0.486 e. The molecule has 0 spiro atoms. The lowest BCUT2D eigenvalue weighted by atomic mass is 10.0. The molecule has 2 aliphatic rings. The van der Waals surface area contributed by atoms with Gasteiger partial charge in [0.25, 0.3) is 5.91 Å². The smallest absolute Gasteiger partial charge is 0.254 e. The number of benzene rings is 2. The van der Waals surface area contributed by atoms with E-state index in [1.54, 1.807) is 37.3 Å². The normalized spacial score (nSPS) is 20.9. The van der Waals surface area contributed by atoms with Gasteiger partial charge in [-0.2, -0.15) is 0 Å². The topological polar surface area (TPSA) is 76.1 Å². The second-order valence-corrected chi connectivity index (χ2v) is 11.1. The Morgan fingerprint density at radius 2 is 1.82 bits per heavy atom. The fourth-order valence-corrected chi connectivity index (χ4v) is 5.72. The van der Waals surface area contributed by atoms with Gasteiger partial charge in [0.05, 0.1) is 18.8 Å². The van der Waals surface area contributed by atoms with Crippen molar-refractivity contribution < 1.29 is 22.7 Å². The fraction of sp³-hybridized carbons (Fsp3) is 0.480. The second-order valence-electron chi connectivity index (χ2n) is 9.11. The minimum absolute atomic E-state index is 0.0349. The van der Waals surface area contributed by atoms with E-state index in [1.807, 2.05) is 38.1 Å². The number of methoxy groups -OCH3 is 1. The van der Waals surface area contributed by atoms with E-state index in [4.69, 9.17) is 9.47 Å². The van der Waals surface area contributed by atoms with Crippen molar-refractivity contribution in [3.05, 3.63) is 64.7 Å². The molecule has 1 aliphatic heterocycles. The van der Waals surface area contributed by atoms with Crippen molar-refractivity contribution in [3.8, 4) is 5.75 Å². The summed E-state index contributed by atoms with van der Waals surface area (Å²) in [5.74, 6) is 0.476. The molecule has 2 aromatic rings. The summed E-state index contributed by atoms with van der Waals surface area (Å²) < 4.78 is 38.6. The first kappa shape index (κ1) is 23.7. The number of carbonyl (C=O) groups is 1. The highest BCUT2D eigenvalue weighted by Crippen LogP contribution is 2.29. The van der Waals surface area contributed by atoms with Crippen molar-refractivity contribution in [3.63, 3.8) is 0 Å². The van der Waals surface area contributed by atoms with Crippen LogP contribution in [-0.4, -0.2) is 69.0 Å². The molecule has 0 N–H and O–H groups in total. The van der Waals surface area contributed by atoms with E-state index < -0.39 is 10.0 Å². The molecule has 1 aliphatic carbocycles. The molecule has 1 saturated heterocycles. The fourth-order valence-electron chi connectivity index (χ4n) is 4.25. The third-order valence-electron chi connectivity index (χ3n) is 6.46. The number of hydrogen-bond donors (Lipinski definition) is 0. The van der Waals surface area contributed by atoms with Gasteiger partial charge in [0.15, 0.2) is 0 Å². The number of carbonyl (C=O) groups excluding carboxylic acids is 1. The van der Waals surface area contributed by atoms with E-state index in [9.17, 15) is 13.2 Å². The number of aryl methyl sites for hydroxylation is 2. The molecule has 2 unspecified atom stereocenters. The van der Waals surface area contributed by atoms with E-state index in [0.29, 0.717) is 30.0 Å². The molecule has 0 aromatic heterocycles. The standard InChI is InChI=1S/C25H32N2O5S/c1-17-8-9-18(2)22(12-17)25(28)27-14-23(31-4)24(15-27)32-21-7-5-6-19(13-21)16-33(29,30)26(3)20-10-11-20/h5-9,12-13,20,23-24H,10-11,14-16H2,1-4H3. The zero-order valence-electron chi connectivity index (χ0n) is 19.7. The molecular formula is C25H32N2O5S. The van der Waals surface area contributed by atoms with Crippen LogP contribution < -0.4 is 4.74 Å². The molecule has 178 valence electrons. The van der Waals surface area contributed by atoms with Crippen molar-refractivity contribution in [1.29, 1.82) is 0 Å². The Hall–Kier alpha value is -2.42. The Morgan fingerprint density at radius 3 is 2.52 bits per heavy atom. The third-order valence-corrected chi connectivity index (χ3v) is 8.34. The average Bonchev–Trinajstić information content (AvgIpc) is 3.54. The van der Waals surface area contributed by atoms with Gasteiger partial charge in [-0.15, -0.1) is 0 Å². The number of amides is 1. The molecule has 2 aromatic carbocycles. The molecule has 1 amide bonds. The monoisotopic (exact) mass is 472 g/mol. The highest BCUT2D eigenvalue weighted by Gasteiger charge is 2.38. The molecule has 0 radical (unpaired) electrons. The number of ether oxygens (including phenoxy) is 2. The minimum Gasteiger partial charge on any atom is -0.486 e. The van der Waals surface area contributed by atoms with E-state index in [0.717, 1.165) is 24.0 Å². The molecule has 0 bridgehead atoms. The summed E-state index contributed by atoms with van der Waals surface area (Å²) in [4.78, 5) is 14.9. The van der Waals surface area contributed by atoms with Gasteiger partial charge in [0, 0.05) is 25.8 Å². The molecule has 4 rings (SSSR count). The Balaban J connectivity index is 1.45. The number of rotatable bonds is 8. The highest BCUT2D eigenvalue weighted by atomic mass is 32.2. The predicted molar refractivity (Wildman–Crippen MR) is 127 cm³/mol. The van der Waals surface area contributed by atoms with Crippen LogP contribution in [0.4, 0.5) is 0 Å². The predicted octanol–water partition coefficient (Wildman–Crippen LogP) is 3.15. The van der Waals surface area contributed by atoms with Crippen LogP contribution in [0.5, 0.6) is 5.75 Å². The van der Waals surface area contributed by atoms with Crippen LogP contribution in [-0.2, 0) is 20.5 Å². The van der Waals surface area contributed by atoms with Gasteiger partial charge in [0.1, 0.15) is 18.0 Å². The zero-order chi connectivity index (χ0) is 23.8. The Kier molecular flexibility index (Phi) is 6.79. The minimum atomic E-state index is -3.37. The van der Waals surface area contributed by atoms with Crippen LogP contribution >= 0.6 is 0 Å². The molecule has 1 heterocycles. The quantitative estimate of drug-likeness (QED) is 0.590. The first-order valence-electron chi connectivity index (χ1n) is 11.3. The zero-order valence-corrected chi connectivity index (χ0v) is 20.5. The lowest BCUT2D eigenvalue weighted by molar-refractivity contribution is 0.0339. The molecule has 33 heavy (non-hydrogen) atoms. The highest BCUT2D eigenvalue weighted by molar-refractivity contribution is 7.88. The lowest BCUT2D eigenvalue weighted by Crippen LogP contribution is -2.32. The Labute approximate surface area is 196 Å². The SMILES string of the molecule is COC1CN(C(=O)c2cc(C)ccc2C)CC1Oc1cccc(CS(=O)(=O)N(C)C2CC2)c1. The van der Waals surface area contributed by atoms with Gasteiger partial charge in [-0.3, -0.25) is 4.79 Å². The molecular weight excluding hydrogens is 440 g/mol. The van der Waals surface area contributed by atoms with Crippen molar-refractivity contribution in [2.75, 3.05) is 27.2 Å². The van der Waals surface area contributed by atoms with Crippen LogP contribution in [0.1, 0.15) is 39.9 Å². The number of hydrogen-bond acceptors (Lipinski definition) is 5. The van der Waals surface area contributed by atoms with Gasteiger partial charge in [-0.1, -0.05) is 29.8 Å². The first-order valence-corrected chi connectivity index (χ1v) is 12.9. The van der Waals surface area contributed by atoms with Gasteiger partial charge in [-0.25, -0.2) is 12.7 Å². The lowest BCUT2D eigenvalue weighted by Gasteiger charge is -2.20. The van der Waals surface area contributed by atoms with Crippen LogP contribution in [0.25, 0.3) is 0 Å². The molecule has 2 fully saturated rings. The summed E-state index contributed by atoms with van der Waals surface area (Å²) in [7, 11) is -0.104. The molecule has 8 heteroatoms. The van der Waals surface area contributed by atoms with Crippen LogP contribution in [0.3, 0.4) is 0 Å². The van der Waals surface area contributed by atoms with Gasteiger partial charge >= 0.3 is 0 Å². The maximum absolute atomic E-state index is 13.2. The van der Waals surface area contributed by atoms with E-state index in [2.05, 4.69) is 0 Å². The van der Waals surface area contributed by atoms with Crippen molar-refractivity contribution >= 4 is 15.9 Å². The summed E-state index contributed by atoms with van der Waals surface area (Å²) in [6.07, 6.45) is 1.24. The first-order chi connectivity index (χ1) is 15.7. The summed E-state index contributed by atoms with van der Waals surface area (Å²) >= 11 is 0. The summed E-state index contributed by atoms with van der Waals surface area (Å²) in [6, 6.07) is 13.2. The van der Waals surface area contributed by atoms with Crippen LogP contribution in [0, 0.1) is 13.8 Å². The summed E-state index contributed by atoms with van der Waals surface area (Å²) in [5.41, 5.74) is 3.35. The van der Waals surface area contributed by atoms with Crippen LogP contribution in [0.15, 0.2) is 42.5 Å². The van der Waals surface area contributed by atoms with E-state index >= 15 is 0 Å². The maximum Gasteiger partial charge on any atom is 0.254 e. The summed E-state index contributed by atoms with van der Waals surface area (Å²) in [5, 5.41) is 0. The molecule has 1 saturated carbocycles. The number of nitrogens with zero attached hydrogens (tertiary/aromatic N) is 2. The van der Waals surface area contributed by atoms with Crippen molar-refractivity contribution in [1.82, 2.24) is 9.21 Å². The second kappa shape index (κ2) is 9.44.